The van der Waals surface area contributed by atoms with Crippen LogP contribution in [0.15, 0.2) is 29.0 Å². The summed E-state index contributed by atoms with van der Waals surface area (Å²) in [5.74, 6) is -0.0189. The van der Waals surface area contributed by atoms with E-state index in [9.17, 15) is 9.59 Å². The number of hydrogen-bond donors (Lipinski definition) is 0. The standard InChI is InChI=1S/C20H25N3O3S2/c1-21(13-19(25)22-7-9-26-10-8-22)18(24)14-23-6-4-16-15(5-12-28-16)20(23)17-3-2-11-27-17/h2-3,5,11-12,20H,4,6-10,13-14H2,1H3/t20-/m1/s1. The third-order valence-corrected chi connectivity index (χ3v) is 7.30. The number of morpholine rings is 1. The highest BCUT2D eigenvalue weighted by Crippen LogP contribution is 2.39. The van der Waals surface area contributed by atoms with Gasteiger partial charge in [-0.15, -0.1) is 22.7 Å². The van der Waals surface area contributed by atoms with Crippen LogP contribution >= 0.6 is 22.7 Å². The smallest absolute Gasteiger partial charge is 0.242 e. The van der Waals surface area contributed by atoms with Gasteiger partial charge in [-0.2, -0.15) is 0 Å². The lowest BCUT2D eigenvalue weighted by atomic mass is 9.98. The van der Waals surface area contributed by atoms with Gasteiger partial charge in [-0.3, -0.25) is 14.5 Å². The van der Waals surface area contributed by atoms with Crippen molar-refractivity contribution in [3.05, 3.63) is 44.3 Å². The third kappa shape index (κ3) is 4.15. The number of ether oxygens (including phenoxy) is 1. The van der Waals surface area contributed by atoms with Gasteiger partial charge in [0.1, 0.15) is 0 Å². The largest absolute Gasteiger partial charge is 0.378 e. The minimum Gasteiger partial charge on any atom is -0.378 e. The van der Waals surface area contributed by atoms with E-state index in [-0.39, 0.29) is 24.4 Å². The Labute approximate surface area is 173 Å². The summed E-state index contributed by atoms with van der Waals surface area (Å²) >= 11 is 3.53. The quantitative estimate of drug-likeness (QED) is 0.745. The second kappa shape index (κ2) is 8.73. The van der Waals surface area contributed by atoms with Crippen LogP contribution in [0.1, 0.15) is 21.4 Å². The van der Waals surface area contributed by atoms with Crippen LogP contribution in [0.25, 0.3) is 0 Å². The van der Waals surface area contributed by atoms with Crippen molar-refractivity contribution < 1.29 is 14.3 Å². The third-order valence-electron chi connectivity index (χ3n) is 5.38. The molecule has 4 rings (SSSR count). The summed E-state index contributed by atoms with van der Waals surface area (Å²) in [6.07, 6.45) is 0.971. The van der Waals surface area contributed by atoms with Crippen LogP contribution in [0.3, 0.4) is 0 Å². The molecule has 0 aromatic carbocycles. The highest BCUT2D eigenvalue weighted by Gasteiger charge is 2.32. The monoisotopic (exact) mass is 419 g/mol. The number of likely N-dealkylation sites (N-methyl/N-ethyl adjacent to an activating group) is 1. The zero-order chi connectivity index (χ0) is 19.5. The summed E-state index contributed by atoms with van der Waals surface area (Å²) < 4.78 is 5.29. The molecule has 0 aliphatic carbocycles. The molecule has 28 heavy (non-hydrogen) atoms. The summed E-state index contributed by atoms with van der Waals surface area (Å²) in [5.41, 5.74) is 1.32. The van der Waals surface area contributed by atoms with E-state index in [2.05, 4.69) is 33.9 Å². The summed E-state index contributed by atoms with van der Waals surface area (Å²) in [4.78, 5) is 33.6. The Morgan fingerprint density at radius 3 is 2.75 bits per heavy atom. The maximum absolute atomic E-state index is 12.9. The number of amides is 2. The van der Waals surface area contributed by atoms with E-state index in [1.165, 1.54) is 15.3 Å². The molecule has 6 nitrogen and oxygen atoms in total. The van der Waals surface area contributed by atoms with Gasteiger partial charge in [0.2, 0.25) is 11.8 Å². The molecule has 150 valence electrons. The van der Waals surface area contributed by atoms with Crippen LogP contribution in [0.4, 0.5) is 0 Å². The molecule has 0 unspecified atom stereocenters. The highest BCUT2D eigenvalue weighted by molar-refractivity contribution is 7.10. The predicted octanol–water partition coefficient (Wildman–Crippen LogP) is 2.07. The number of carbonyl (C=O) groups excluding carboxylic acids is 2. The average Bonchev–Trinajstić information content (AvgIpc) is 3.40. The van der Waals surface area contributed by atoms with Crippen LogP contribution < -0.4 is 0 Å². The van der Waals surface area contributed by atoms with E-state index in [1.54, 1.807) is 39.5 Å². The molecule has 1 saturated heterocycles. The molecule has 1 fully saturated rings. The van der Waals surface area contributed by atoms with Crippen molar-refractivity contribution in [1.82, 2.24) is 14.7 Å². The topological polar surface area (TPSA) is 53.1 Å². The molecule has 2 aromatic rings. The van der Waals surface area contributed by atoms with Gasteiger partial charge in [-0.1, -0.05) is 6.07 Å². The molecule has 2 aliphatic rings. The normalized spacial score (nSPS) is 20.0. The molecule has 0 radical (unpaired) electrons. The first-order valence-corrected chi connectivity index (χ1v) is 11.3. The minimum absolute atomic E-state index is 0.00674. The molecule has 1 atom stereocenters. The fraction of sp³-hybridized carbons (Fsp3) is 0.500. The van der Waals surface area contributed by atoms with Crippen molar-refractivity contribution in [3.8, 4) is 0 Å². The van der Waals surface area contributed by atoms with Gasteiger partial charge in [-0.05, 0) is 34.9 Å². The predicted molar refractivity (Wildman–Crippen MR) is 111 cm³/mol. The first kappa shape index (κ1) is 19.6. The lowest BCUT2D eigenvalue weighted by Crippen LogP contribution is -2.48. The van der Waals surface area contributed by atoms with Gasteiger partial charge >= 0.3 is 0 Å². The van der Waals surface area contributed by atoms with Crippen LogP contribution in [0.2, 0.25) is 0 Å². The van der Waals surface area contributed by atoms with Gasteiger partial charge in [0.15, 0.2) is 0 Å². The van der Waals surface area contributed by atoms with Gasteiger partial charge in [0.25, 0.3) is 0 Å². The summed E-state index contributed by atoms with van der Waals surface area (Å²) in [7, 11) is 1.72. The SMILES string of the molecule is CN(CC(=O)N1CCOCC1)C(=O)CN1CCc2sccc2[C@@H]1c1cccs1. The molecule has 0 saturated carbocycles. The Bertz CT molecular complexity index is 815. The lowest BCUT2D eigenvalue weighted by Gasteiger charge is -2.36. The van der Waals surface area contributed by atoms with Gasteiger partial charge in [-0.25, -0.2) is 0 Å². The Kier molecular flexibility index (Phi) is 6.10. The Hall–Kier alpha value is -1.74. The lowest BCUT2D eigenvalue weighted by molar-refractivity contribution is -0.142. The van der Waals surface area contributed by atoms with Crippen molar-refractivity contribution in [2.75, 3.05) is 53.0 Å². The highest BCUT2D eigenvalue weighted by atomic mass is 32.1. The second-order valence-corrected chi connectivity index (χ2v) is 9.16. The zero-order valence-electron chi connectivity index (χ0n) is 16.0. The minimum atomic E-state index is -0.0122. The fourth-order valence-corrected chi connectivity index (χ4v) is 5.60. The molecular weight excluding hydrogens is 394 g/mol. The number of thiophene rings is 2. The first-order chi connectivity index (χ1) is 13.6. The molecule has 0 spiro atoms. The zero-order valence-corrected chi connectivity index (χ0v) is 17.6. The molecule has 0 N–H and O–H groups in total. The van der Waals surface area contributed by atoms with E-state index in [4.69, 9.17) is 4.74 Å². The Balaban J connectivity index is 1.42. The molecule has 0 bridgehead atoms. The Morgan fingerprint density at radius 2 is 2.00 bits per heavy atom. The number of fused-ring (bicyclic) bond motifs is 1. The molecule has 8 heteroatoms. The van der Waals surface area contributed by atoms with Crippen molar-refractivity contribution in [2.45, 2.75) is 12.5 Å². The number of nitrogens with zero attached hydrogens (tertiary/aromatic N) is 3. The van der Waals surface area contributed by atoms with Crippen molar-refractivity contribution in [2.24, 2.45) is 0 Å². The fourth-order valence-electron chi connectivity index (χ4n) is 3.82. The van der Waals surface area contributed by atoms with Crippen LogP contribution in [0, 0.1) is 0 Å². The summed E-state index contributed by atoms with van der Waals surface area (Å²) in [6.45, 7) is 3.66. The van der Waals surface area contributed by atoms with Crippen LogP contribution in [0.5, 0.6) is 0 Å². The van der Waals surface area contributed by atoms with Gasteiger partial charge < -0.3 is 14.5 Å². The summed E-state index contributed by atoms with van der Waals surface area (Å²) in [6, 6.07) is 6.52. The molecule has 4 heterocycles. The van der Waals surface area contributed by atoms with E-state index in [0.29, 0.717) is 32.8 Å². The van der Waals surface area contributed by atoms with Crippen LogP contribution in [-0.4, -0.2) is 79.5 Å². The molecule has 2 amide bonds. The number of hydrogen-bond acceptors (Lipinski definition) is 6. The summed E-state index contributed by atoms with van der Waals surface area (Å²) in [5, 5.41) is 4.23. The van der Waals surface area contributed by atoms with E-state index < -0.39 is 0 Å². The van der Waals surface area contributed by atoms with Crippen LogP contribution in [-0.2, 0) is 20.7 Å². The average molecular weight is 420 g/mol. The maximum Gasteiger partial charge on any atom is 0.242 e. The van der Waals surface area contributed by atoms with Gasteiger partial charge in [0, 0.05) is 36.4 Å². The molecule has 2 aliphatic heterocycles. The Morgan fingerprint density at radius 1 is 1.18 bits per heavy atom. The maximum atomic E-state index is 12.9. The van der Waals surface area contributed by atoms with Crippen molar-refractivity contribution in [1.29, 1.82) is 0 Å². The molecular formula is C20H25N3O3S2. The van der Waals surface area contributed by atoms with E-state index in [1.807, 2.05) is 0 Å². The van der Waals surface area contributed by atoms with E-state index >= 15 is 0 Å². The number of rotatable bonds is 5. The van der Waals surface area contributed by atoms with Gasteiger partial charge in [0.05, 0.1) is 32.3 Å². The second-order valence-electron chi connectivity index (χ2n) is 7.18. The van der Waals surface area contributed by atoms with E-state index in [0.717, 1.165) is 13.0 Å². The first-order valence-electron chi connectivity index (χ1n) is 9.56. The van der Waals surface area contributed by atoms with Crippen molar-refractivity contribution in [3.63, 3.8) is 0 Å². The molecule has 2 aromatic heterocycles. The number of carbonyl (C=O) groups is 2. The van der Waals surface area contributed by atoms with Crippen molar-refractivity contribution >= 4 is 34.5 Å².